The summed E-state index contributed by atoms with van der Waals surface area (Å²) in [5.74, 6) is -0.0333. The van der Waals surface area contributed by atoms with Crippen molar-refractivity contribution in [1.82, 2.24) is 15.2 Å². The molecule has 1 fully saturated rings. The number of carbonyl (C=O) groups is 1. The van der Waals surface area contributed by atoms with Crippen LogP contribution in [-0.2, 0) is 12.8 Å². The van der Waals surface area contributed by atoms with Gasteiger partial charge < -0.3 is 5.32 Å². The third kappa shape index (κ3) is 4.33. The van der Waals surface area contributed by atoms with Gasteiger partial charge in [0.1, 0.15) is 0 Å². The van der Waals surface area contributed by atoms with E-state index in [1.807, 2.05) is 18.2 Å². The van der Waals surface area contributed by atoms with Crippen molar-refractivity contribution in [2.75, 3.05) is 19.6 Å². The molecule has 1 aromatic carbocycles. The summed E-state index contributed by atoms with van der Waals surface area (Å²) >= 11 is 6.05. The van der Waals surface area contributed by atoms with Crippen LogP contribution in [0.2, 0.25) is 5.02 Å². The van der Waals surface area contributed by atoms with Crippen LogP contribution in [0.25, 0.3) is 0 Å². The van der Waals surface area contributed by atoms with Gasteiger partial charge in [-0.25, -0.2) is 0 Å². The number of pyridine rings is 1. The van der Waals surface area contributed by atoms with Crippen molar-refractivity contribution in [2.45, 2.75) is 44.6 Å². The van der Waals surface area contributed by atoms with Crippen LogP contribution in [0.1, 0.15) is 58.9 Å². The number of amides is 1. The van der Waals surface area contributed by atoms with E-state index in [9.17, 15) is 4.79 Å². The van der Waals surface area contributed by atoms with Crippen molar-refractivity contribution in [3.05, 3.63) is 63.9 Å². The summed E-state index contributed by atoms with van der Waals surface area (Å²) in [4.78, 5) is 19.7. The SMILES string of the molecule is O=C(NCC(c1ccc(Cl)cc1)N1CCCC1)c1cnc2c(c1)CCCC2. The molecule has 1 unspecified atom stereocenters. The van der Waals surface area contributed by atoms with Crippen LogP contribution >= 0.6 is 11.6 Å². The van der Waals surface area contributed by atoms with Gasteiger partial charge in [-0.15, -0.1) is 0 Å². The van der Waals surface area contributed by atoms with E-state index in [0.717, 1.165) is 36.6 Å². The molecular formula is C22H26ClN3O. The fourth-order valence-electron chi connectivity index (χ4n) is 4.20. The Labute approximate surface area is 165 Å². The highest BCUT2D eigenvalue weighted by molar-refractivity contribution is 6.30. The lowest BCUT2D eigenvalue weighted by Crippen LogP contribution is -2.37. The van der Waals surface area contributed by atoms with E-state index in [2.05, 4.69) is 27.3 Å². The fraction of sp³-hybridized carbons (Fsp3) is 0.455. The van der Waals surface area contributed by atoms with E-state index >= 15 is 0 Å². The average molecular weight is 384 g/mol. The number of hydrogen-bond acceptors (Lipinski definition) is 3. The Balaban J connectivity index is 1.47. The van der Waals surface area contributed by atoms with Crippen molar-refractivity contribution >= 4 is 17.5 Å². The van der Waals surface area contributed by atoms with Gasteiger partial charge in [-0.05, 0) is 80.9 Å². The molecule has 2 aromatic rings. The number of nitrogens with zero attached hydrogens (tertiary/aromatic N) is 2. The monoisotopic (exact) mass is 383 g/mol. The highest BCUT2D eigenvalue weighted by Gasteiger charge is 2.24. The highest BCUT2D eigenvalue weighted by atomic mass is 35.5. The van der Waals surface area contributed by atoms with E-state index in [1.54, 1.807) is 6.20 Å². The largest absolute Gasteiger partial charge is 0.350 e. The average Bonchev–Trinajstić information content (AvgIpc) is 3.23. The van der Waals surface area contributed by atoms with Gasteiger partial charge in [-0.2, -0.15) is 0 Å². The number of fused-ring (bicyclic) bond motifs is 1. The lowest BCUT2D eigenvalue weighted by molar-refractivity contribution is 0.0937. The minimum absolute atomic E-state index is 0.0333. The van der Waals surface area contributed by atoms with Gasteiger partial charge in [-0.3, -0.25) is 14.7 Å². The summed E-state index contributed by atoms with van der Waals surface area (Å²) in [6.07, 6.45) is 8.61. The molecule has 1 amide bonds. The zero-order valence-corrected chi connectivity index (χ0v) is 16.3. The quantitative estimate of drug-likeness (QED) is 0.842. The summed E-state index contributed by atoms with van der Waals surface area (Å²) in [6.45, 7) is 2.74. The molecule has 4 nitrogen and oxygen atoms in total. The maximum absolute atomic E-state index is 12.7. The van der Waals surface area contributed by atoms with Crippen LogP contribution in [0.3, 0.4) is 0 Å². The molecule has 1 atom stereocenters. The molecule has 0 spiro atoms. The first-order valence-electron chi connectivity index (χ1n) is 9.96. The van der Waals surface area contributed by atoms with Gasteiger partial charge in [-0.1, -0.05) is 23.7 Å². The Kier molecular flexibility index (Phi) is 5.74. The number of benzene rings is 1. The summed E-state index contributed by atoms with van der Waals surface area (Å²) in [5, 5.41) is 3.88. The lowest BCUT2D eigenvalue weighted by atomic mass is 9.95. The van der Waals surface area contributed by atoms with Crippen molar-refractivity contribution in [2.24, 2.45) is 0 Å². The zero-order chi connectivity index (χ0) is 18.6. The van der Waals surface area contributed by atoms with Crippen LogP contribution in [0, 0.1) is 0 Å². The van der Waals surface area contributed by atoms with Gasteiger partial charge in [0.05, 0.1) is 11.6 Å². The molecule has 0 saturated carbocycles. The second-order valence-corrected chi connectivity index (χ2v) is 7.99. The van der Waals surface area contributed by atoms with Crippen LogP contribution < -0.4 is 5.32 Å². The summed E-state index contributed by atoms with van der Waals surface area (Å²) < 4.78 is 0. The maximum atomic E-state index is 12.7. The van der Waals surface area contributed by atoms with Gasteiger partial charge in [0.25, 0.3) is 5.91 Å². The Bertz CT molecular complexity index is 800. The number of aryl methyl sites for hydroxylation is 2. The fourth-order valence-corrected chi connectivity index (χ4v) is 4.33. The number of hydrogen-bond donors (Lipinski definition) is 1. The predicted molar refractivity (Wildman–Crippen MR) is 108 cm³/mol. The topological polar surface area (TPSA) is 45.2 Å². The number of aromatic nitrogens is 1. The molecule has 1 aliphatic heterocycles. The Morgan fingerprint density at radius 2 is 1.85 bits per heavy atom. The Morgan fingerprint density at radius 1 is 1.11 bits per heavy atom. The second-order valence-electron chi connectivity index (χ2n) is 7.56. The summed E-state index contributed by atoms with van der Waals surface area (Å²) in [5.41, 5.74) is 4.27. The minimum Gasteiger partial charge on any atom is -0.350 e. The minimum atomic E-state index is -0.0333. The van der Waals surface area contributed by atoms with Crippen molar-refractivity contribution in [1.29, 1.82) is 0 Å². The Hall–Kier alpha value is -1.91. The van der Waals surface area contributed by atoms with Gasteiger partial charge >= 0.3 is 0 Å². The molecule has 1 saturated heterocycles. The van der Waals surface area contributed by atoms with E-state index in [4.69, 9.17) is 11.6 Å². The van der Waals surface area contributed by atoms with Gasteiger partial charge in [0, 0.05) is 23.5 Å². The normalized spacial score (nSPS) is 18.1. The smallest absolute Gasteiger partial charge is 0.252 e. The van der Waals surface area contributed by atoms with Crippen molar-refractivity contribution in [3.8, 4) is 0 Å². The van der Waals surface area contributed by atoms with Crippen LogP contribution in [-0.4, -0.2) is 35.4 Å². The molecule has 27 heavy (non-hydrogen) atoms. The molecule has 0 bridgehead atoms. The molecule has 4 rings (SSSR count). The van der Waals surface area contributed by atoms with Gasteiger partial charge in [0.15, 0.2) is 0 Å². The standard InChI is InChI=1S/C22H26ClN3O/c23-19-9-7-16(8-10-19)21(26-11-3-4-12-26)15-25-22(27)18-13-17-5-1-2-6-20(17)24-14-18/h7-10,13-14,21H,1-6,11-12,15H2,(H,25,27). The van der Waals surface area contributed by atoms with E-state index < -0.39 is 0 Å². The first kappa shape index (κ1) is 18.5. The van der Waals surface area contributed by atoms with Crippen molar-refractivity contribution < 1.29 is 4.79 Å². The molecular weight excluding hydrogens is 358 g/mol. The lowest BCUT2D eigenvalue weighted by Gasteiger charge is -2.28. The highest BCUT2D eigenvalue weighted by Crippen LogP contribution is 2.26. The Morgan fingerprint density at radius 3 is 2.63 bits per heavy atom. The predicted octanol–water partition coefficient (Wildman–Crippen LogP) is 4.18. The molecule has 142 valence electrons. The van der Waals surface area contributed by atoms with Crippen molar-refractivity contribution in [3.63, 3.8) is 0 Å². The second kappa shape index (κ2) is 8.41. The maximum Gasteiger partial charge on any atom is 0.252 e. The third-order valence-corrected chi connectivity index (χ3v) is 5.98. The molecule has 1 aromatic heterocycles. The molecule has 1 aliphatic carbocycles. The first-order chi connectivity index (χ1) is 13.2. The number of nitrogens with one attached hydrogen (secondary N) is 1. The number of halogens is 1. The van der Waals surface area contributed by atoms with Crippen LogP contribution in [0.5, 0.6) is 0 Å². The molecule has 5 heteroatoms. The third-order valence-electron chi connectivity index (χ3n) is 5.72. The van der Waals surface area contributed by atoms with E-state index in [-0.39, 0.29) is 11.9 Å². The number of carbonyl (C=O) groups excluding carboxylic acids is 1. The molecule has 2 heterocycles. The molecule has 1 N–H and O–H groups in total. The first-order valence-corrected chi connectivity index (χ1v) is 10.3. The molecule has 2 aliphatic rings. The summed E-state index contributed by atoms with van der Waals surface area (Å²) in [7, 11) is 0. The summed E-state index contributed by atoms with van der Waals surface area (Å²) in [6, 6.07) is 10.2. The molecule has 0 radical (unpaired) electrons. The number of rotatable bonds is 5. The van der Waals surface area contributed by atoms with Crippen LogP contribution in [0.15, 0.2) is 36.5 Å². The van der Waals surface area contributed by atoms with Crippen LogP contribution in [0.4, 0.5) is 0 Å². The van der Waals surface area contributed by atoms with E-state index in [1.165, 1.54) is 36.8 Å². The van der Waals surface area contributed by atoms with Gasteiger partial charge in [0.2, 0.25) is 0 Å². The zero-order valence-electron chi connectivity index (χ0n) is 15.6. The number of likely N-dealkylation sites (tertiary alicyclic amines) is 1. The van der Waals surface area contributed by atoms with E-state index in [0.29, 0.717) is 12.1 Å².